The third-order valence-electron chi connectivity index (χ3n) is 5.12. The molecule has 0 radical (unpaired) electrons. The molecule has 0 bridgehead atoms. The summed E-state index contributed by atoms with van der Waals surface area (Å²) in [6.45, 7) is 0. The van der Waals surface area contributed by atoms with E-state index in [4.69, 9.17) is 10.1 Å². The second-order valence-corrected chi connectivity index (χ2v) is 7.29. The third-order valence-corrected chi connectivity index (χ3v) is 5.12. The number of benzene rings is 3. The molecule has 5 nitrogen and oxygen atoms in total. The van der Waals surface area contributed by atoms with Crippen LogP contribution in [0.1, 0.15) is 22.8 Å². The van der Waals surface area contributed by atoms with Crippen molar-refractivity contribution in [2.24, 2.45) is 0 Å². The molecule has 2 aromatic heterocycles. The SMILES string of the molecule is Fc1cccc(-n2nc(CCc3ccccc3)nc2Cc2ccc3[nH]ncc3c2)c1. The summed E-state index contributed by atoms with van der Waals surface area (Å²) >= 11 is 0. The van der Waals surface area contributed by atoms with Crippen LogP contribution in [0.5, 0.6) is 0 Å². The van der Waals surface area contributed by atoms with E-state index >= 15 is 0 Å². The summed E-state index contributed by atoms with van der Waals surface area (Å²) in [7, 11) is 0. The largest absolute Gasteiger partial charge is 0.278 e. The summed E-state index contributed by atoms with van der Waals surface area (Å²) in [4.78, 5) is 4.80. The van der Waals surface area contributed by atoms with Gasteiger partial charge >= 0.3 is 0 Å². The number of halogens is 1. The van der Waals surface area contributed by atoms with E-state index in [-0.39, 0.29) is 5.82 Å². The zero-order valence-corrected chi connectivity index (χ0v) is 16.3. The number of nitrogens with one attached hydrogen (secondary N) is 1. The average Bonchev–Trinajstić information content (AvgIpc) is 3.39. The Hall–Kier alpha value is -3.80. The molecule has 0 aliphatic heterocycles. The van der Waals surface area contributed by atoms with E-state index in [9.17, 15) is 4.39 Å². The molecule has 0 aliphatic carbocycles. The normalized spacial score (nSPS) is 11.2. The van der Waals surface area contributed by atoms with Gasteiger partial charge in [0.05, 0.1) is 17.4 Å². The van der Waals surface area contributed by atoms with Gasteiger partial charge in [0.2, 0.25) is 0 Å². The van der Waals surface area contributed by atoms with Gasteiger partial charge in [-0.3, -0.25) is 5.10 Å². The van der Waals surface area contributed by atoms with Crippen LogP contribution in [0.4, 0.5) is 4.39 Å². The maximum absolute atomic E-state index is 13.9. The molecule has 0 atom stereocenters. The van der Waals surface area contributed by atoms with Crippen molar-refractivity contribution in [1.29, 1.82) is 0 Å². The Morgan fingerprint density at radius 2 is 1.77 bits per heavy atom. The molecule has 0 saturated heterocycles. The number of hydrogen-bond donors (Lipinski definition) is 1. The zero-order chi connectivity index (χ0) is 20.3. The first-order chi connectivity index (χ1) is 14.7. The number of aromatic nitrogens is 5. The highest BCUT2D eigenvalue weighted by molar-refractivity contribution is 5.78. The first-order valence-electron chi connectivity index (χ1n) is 9.91. The first-order valence-corrected chi connectivity index (χ1v) is 9.91. The monoisotopic (exact) mass is 397 g/mol. The van der Waals surface area contributed by atoms with E-state index in [2.05, 4.69) is 34.5 Å². The Kier molecular flexibility index (Phi) is 4.81. The summed E-state index contributed by atoms with van der Waals surface area (Å²) < 4.78 is 15.6. The molecule has 1 N–H and O–H groups in total. The van der Waals surface area contributed by atoms with Gasteiger partial charge in [-0.2, -0.15) is 10.2 Å². The zero-order valence-electron chi connectivity index (χ0n) is 16.3. The summed E-state index contributed by atoms with van der Waals surface area (Å²) in [5, 5.41) is 12.8. The fraction of sp³-hybridized carbons (Fsp3) is 0.125. The fourth-order valence-electron chi connectivity index (χ4n) is 3.61. The van der Waals surface area contributed by atoms with Crippen LogP contribution in [0.2, 0.25) is 0 Å². The smallest absolute Gasteiger partial charge is 0.151 e. The summed E-state index contributed by atoms with van der Waals surface area (Å²) in [6, 6.07) is 22.9. The molecule has 6 heteroatoms. The Balaban J connectivity index is 1.47. The maximum Gasteiger partial charge on any atom is 0.151 e. The average molecular weight is 397 g/mol. The highest BCUT2D eigenvalue weighted by Crippen LogP contribution is 2.19. The Bertz CT molecular complexity index is 1290. The van der Waals surface area contributed by atoms with Crippen LogP contribution < -0.4 is 0 Å². The van der Waals surface area contributed by atoms with Crippen molar-refractivity contribution in [3.05, 3.63) is 108 Å². The van der Waals surface area contributed by atoms with Crippen molar-refractivity contribution < 1.29 is 4.39 Å². The number of hydrogen-bond acceptors (Lipinski definition) is 3. The van der Waals surface area contributed by atoms with Crippen LogP contribution in [-0.4, -0.2) is 25.0 Å². The van der Waals surface area contributed by atoms with Gasteiger partial charge in [0, 0.05) is 18.2 Å². The van der Waals surface area contributed by atoms with Crippen molar-refractivity contribution in [2.75, 3.05) is 0 Å². The van der Waals surface area contributed by atoms with Gasteiger partial charge in [0.25, 0.3) is 0 Å². The molecule has 0 fully saturated rings. The molecule has 0 unspecified atom stereocenters. The molecule has 0 spiro atoms. The minimum absolute atomic E-state index is 0.292. The fourth-order valence-corrected chi connectivity index (χ4v) is 3.61. The second kappa shape index (κ2) is 7.91. The van der Waals surface area contributed by atoms with Crippen LogP contribution in [0.3, 0.4) is 0 Å². The summed E-state index contributed by atoms with van der Waals surface area (Å²) in [5.41, 5.74) is 4.01. The standard InChI is InChI=1S/C24H20FN5/c25-20-7-4-8-21(15-20)30-24(14-18-9-11-22-19(13-18)16-26-28-22)27-23(29-30)12-10-17-5-2-1-3-6-17/h1-9,11,13,15-16H,10,12,14H2,(H,26,28). The molecular weight excluding hydrogens is 377 g/mol. The van der Waals surface area contributed by atoms with E-state index in [0.717, 1.165) is 41.0 Å². The lowest BCUT2D eigenvalue weighted by atomic mass is 10.1. The molecule has 2 heterocycles. The predicted molar refractivity (Wildman–Crippen MR) is 114 cm³/mol. The highest BCUT2D eigenvalue weighted by atomic mass is 19.1. The Labute approximate surface area is 173 Å². The predicted octanol–water partition coefficient (Wildman–Crippen LogP) is 4.66. The highest BCUT2D eigenvalue weighted by Gasteiger charge is 2.14. The van der Waals surface area contributed by atoms with Crippen molar-refractivity contribution in [2.45, 2.75) is 19.3 Å². The van der Waals surface area contributed by atoms with E-state index in [0.29, 0.717) is 12.1 Å². The van der Waals surface area contributed by atoms with Gasteiger partial charge in [-0.05, 0) is 47.9 Å². The maximum atomic E-state index is 13.9. The summed E-state index contributed by atoms with van der Waals surface area (Å²) in [5.74, 6) is 1.24. The third kappa shape index (κ3) is 3.85. The van der Waals surface area contributed by atoms with E-state index in [1.807, 2.05) is 30.3 Å². The van der Waals surface area contributed by atoms with Crippen LogP contribution in [0.25, 0.3) is 16.6 Å². The molecule has 0 amide bonds. The van der Waals surface area contributed by atoms with Crippen molar-refractivity contribution in [3.8, 4) is 5.69 Å². The van der Waals surface area contributed by atoms with Gasteiger partial charge in [-0.1, -0.05) is 42.5 Å². The van der Waals surface area contributed by atoms with Gasteiger partial charge in [0.15, 0.2) is 5.82 Å². The van der Waals surface area contributed by atoms with Gasteiger partial charge < -0.3 is 0 Å². The number of nitrogens with zero attached hydrogens (tertiary/aromatic N) is 4. The van der Waals surface area contributed by atoms with Gasteiger partial charge in [-0.15, -0.1) is 0 Å². The molecule has 0 saturated carbocycles. The molecular formula is C24H20FN5. The van der Waals surface area contributed by atoms with Crippen molar-refractivity contribution in [3.63, 3.8) is 0 Å². The Morgan fingerprint density at radius 3 is 2.63 bits per heavy atom. The van der Waals surface area contributed by atoms with E-state index in [1.165, 1.54) is 17.7 Å². The number of H-pyrrole nitrogens is 1. The van der Waals surface area contributed by atoms with Crippen LogP contribution in [0, 0.1) is 5.82 Å². The van der Waals surface area contributed by atoms with Crippen molar-refractivity contribution >= 4 is 10.9 Å². The lowest BCUT2D eigenvalue weighted by Gasteiger charge is -2.06. The number of aromatic amines is 1. The first kappa shape index (κ1) is 18.2. The van der Waals surface area contributed by atoms with Gasteiger partial charge in [0.1, 0.15) is 11.6 Å². The molecule has 5 rings (SSSR count). The number of rotatable bonds is 6. The lowest BCUT2D eigenvalue weighted by molar-refractivity contribution is 0.624. The molecule has 148 valence electrons. The van der Waals surface area contributed by atoms with Crippen LogP contribution >= 0.6 is 0 Å². The minimum Gasteiger partial charge on any atom is -0.278 e. The molecule has 0 aliphatic rings. The van der Waals surface area contributed by atoms with Crippen molar-refractivity contribution in [1.82, 2.24) is 25.0 Å². The molecule has 5 aromatic rings. The minimum atomic E-state index is -0.292. The second-order valence-electron chi connectivity index (χ2n) is 7.29. The van der Waals surface area contributed by atoms with E-state index < -0.39 is 0 Å². The summed E-state index contributed by atoms with van der Waals surface area (Å²) in [6.07, 6.45) is 3.98. The lowest BCUT2D eigenvalue weighted by Crippen LogP contribution is -2.04. The van der Waals surface area contributed by atoms with Gasteiger partial charge in [-0.25, -0.2) is 14.1 Å². The number of fused-ring (bicyclic) bond motifs is 1. The molecule has 3 aromatic carbocycles. The Morgan fingerprint density at radius 1 is 0.867 bits per heavy atom. The van der Waals surface area contributed by atoms with Crippen LogP contribution in [-0.2, 0) is 19.3 Å². The van der Waals surface area contributed by atoms with Crippen LogP contribution in [0.15, 0.2) is 79.0 Å². The number of aryl methyl sites for hydroxylation is 2. The quantitative estimate of drug-likeness (QED) is 0.453. The topological polar surface area (TPSA) is 59.4 Å². The molecule has 30 heavy (non-hydrogen) atoms. The van der Waals surface area contributed by atoms with E-state index in [1.54, 1.807) is 16.9 Å².